The summed E-state index contributed by atoms with van der Waals surface area (Å²) in [6, 6.07) is 7.40. The van der Waals surface area contributed by atoms with Gasteiger partial charge in [-0.05, 0) is 54.3 Å². The van der Waals surface area contributed by atoms with Gasteiger partial charge in [0.1, 0.15) is 5.69 Å². The molecule has 0 unspecified atom stereocenters. The minimum Gasteiger partial charge on any atom is -0.348 e. The topological polar surface area (TPSA) is 46.9 Å². The van der Waals surface area contributed by atoms with Crippen LogP contribution >= 0.6 is 0 Å². The van der Waals surface area contributed by atoms with E-state index in [4.69, 9.17) is 0 Å². The highest BCUT2D eigenvalue weighted by atomic mass is 19.4. The molecule has 10 heteroatoms. The van der Waals surface area contributed by atoms with Gasteiger partial charge in [0.15, 0.2) is 0 Å². The van der Waals surface area contributed by atoms with E-state index in [1.165, 1.54) is 41.4 Å². The number of imidazole rings is 1. The van der Waals surface area contributed by atoms with Crippen LogP contribution in [0, 0.1) is 0 Å². The van der Waals surface area contributed by atoms with E-state index >= 15 is 0 Å². The van der Waals surface area contributed by atoms with Crippen LogP contribution in [0.3, 0.4) is 0 Å². The summed E-state index contributed by atoms with van der Waals surface area (Å²) in [5, 5.41) is 2.96. The van der Waals surface area contributed by atoms with Gasteiger partial charge in [0.2, 0.25) is 0 Å². The Hall–Kier alpha value is -3.30. The highest BCUT2D eigenvalue weighted by Crippen LogP contribution is 2.38. The quantitative estimate of drug-likeness (QED) is 0.461. The summed E-state index contributed by atoms with van der Waals surface area (Å²) in [6.45, 7) is 0. The third-order valence-corrected chi connectivity index (χ3v) is 5.63. The Bertz CT molecular complexity index is 1110. The van der Waals surface area contributed by atoms with E-state index in [-0.39, 0.29) is 34.8 Å². The average Bonchev–Trinajstić information content (AvgIpc) is 3.44. The average molecular weight is 467 g/mol. The van der Waals surface area contributed by atoms with Gasteiger partial charge in [-0.3, -0.25) is 9.36 Å². The van der Waals surface area contributed by atoms with Crippen LogP contribution in [0.4, 0.5) is 26.3 Å². The molecule has 1 amide bonds. The number of amides is 1. The molecule has 0 bridgehead atoms. The molecule has 174 valence electrons. The minimum absolute atomic E-state index is 0.0958. The van der Waals surface area contributed by atoms with Crippen molar-refractivity contribution in [2.75, 3.05) is 0 Å². The van der Waals surface area contributed by atoms with Crippen LogP contribution in [0.15, 0.2) is 55.0 Å². The lowest BCUT2D eigenvalue weighted by Crippen LogP contribution is -2.33. The minimum atomic E-state index is -4.92. The highest BCUT2D eigenvalue weighted by Gasteiger charge is 2.37. The maximum atomic E-state index is 13.2. The Labute approximate surface area is 185 Å². The number of carbonyl (C=O) groups is 1. The molecule has 1 aliphatic rings. The van der Waals surface area contributed by atoms with Crippen molar-refractivity contribution in [3.05, 3.63) is 71.8 Å². The van der Waals surface area contributed by atoms with Crippen LogP contribution in [0.25, 0.3) is 16.8 Å². The largest absolute Gasteiger partial charge is 0.416 e. The Morgan fingerprint density at radius 1 is 0.879 bits per heavy atom. The van der Waals surface area contributed by atoms with Gasteiger partial charge in [0.25, 0.3) is 5.91 Å². The lowest BCUT2D eigenvalue weighted by molar-refractivity contribution is -0.143. The normalized spacial score (nSPS) is 15.1. The van der Waals surface area contributed by atoms with Gasteiger partial charge in [-0.2, -0.15) is 26.3 Å². The molecule has 33 heavy (non-hydrogen) atoms. The fourth-order valence-electron chi connectivity index (χ4n) is 3.93. The fraction of sp³-hybridized carbons (Fsp3) is 0.304. The number of benzene rings is 2. The molecule has 1 aliphatic carbocycles. The summed E-state index contributed by atoms with van der Waals surface area (Å²) in [6.07, 6.45) is -3.10. The molecule has 0 spiro atoms. The van der Waals surface area contributed by atoms with Crippen LogP contribution in [0.2, 0.25) is 0 Å². The Kier molecular flexibility index (Phi) is 5.94. The second kappa shape index (κ2) is 8.57. The van der Waals surface area contributed by atoms with Crippen molar-refractivity contribution in [2.45, 2.75) is 44.1 Å². The summed E-state index contributed by atoms with van der Waals surface area (Å²) in [5.41, 5.74) is -2.02. The number of nitrogens with one attached hydrogen (secondary N) is 1. The van der Waals surface area contributed by atoms with E-state index in [9.17, 15) is 31.1 Å². The third kappa shape index (κ3) is 5.04. The molecule has 0 radical (unpaired) electrons. The predicted octanol–water partition coefficient (Wildman–Crippen LogP) is 6.25. The Morgan fingerprint density at radius 2 is 1.45 bits per heavy atom. The first kappa shape index (κ1) is 22.9. The fourth-order valence-corrected chi connectivity index (χ4v) is 3.93. The first-order valence-corrected chi connectivity index (χ1v) is 10.3. The molecule has 1 saturated carbocycles. The lowest BCUT2D eigenvalue weighted by Gasteiger charge is -2.15. The zero-order valence-electron chi connectivity index (χ0n) is 17.2. The van der Waals surface area contributed by atoms with Gasteiger partial charge in [-0.15, -0.1) is 0 Å². The molecule has 1 fully saturated rings. The molecule has 1 heterocycles. The summed E-state index contributed by atoms with van der Waals surface area (Å²) >= 11 is 0. The molecular formula is C23H19F6N3O. The van der Waals surface area contributed by atoms with Gasteiger partial charge in [-0.25, -0.2) is 4.98 Å². The second-order valence-corrected chi connectivity index (χ2v) is 7.95. The van der Waals surface area contributed by atoms with Gasteiger partial charge in [0, 0.05) is 11.7 Å². The van der Waals surface area contributed by atoms with Crippen molar-refractivity contribution in [1.82, 2.24) is 14.9 Å². The SMILES string of the molecule is O=C(NC1CCCC1)c1cncn1-c1ccc(-c2cc(C(F)(F)F)cc(C(F)(F)F)c2)cc1. The van der Waals surface area contributed by atoms with Crippen molar-refractivity contribution in [3.63, 3.8) is 0 Å². The maximum absolute atomic E-state index is 13.2. The standard InChI is InChI=1S/C23H19F6N3O/c24-22(25,26)16-9-15(10-17(11-16)23(27,28)29)14-5-7-19(8-6-14)32-13-30-12-20(32)21(33)31-18-3-1-2-4-18/h5-13,18H,1-4H2,(H,31,33). The Morgan fingerprint density at radius 3 is 2.00 bits per heavy atom. The first-order chi connectivity index (χ1) is 15.5. The van der Waals surface area contributed by atoms with E-state index in [1.807, 2.05) is 0 Å². The zero-order chi connectivity index (χ0) is 23.8. The highest BCUT2D eigenvalue weighted by molar-refractivity contribution is 5.93. The van der Waals surface area contributed by atoms with Gasteiger partial charge in [-0.1, -0.05) is 25.0 Å². The predicted molar refractivity (Wildman–Crippen MR) is 109 cm³/mol. The van der Waals surface area contributed by atoms with Crippen molar-refractivity contribution < 1.29 is 31.1 Å². The summed E-state index contributed by atoms with van der Waals surface area (Å²) < 4.78 is 80.4. The first-order valence-electron chi connectivity index (χ1n) is 10.3. The molecule has 4 rings (SSSR count). The smallest absolute Gasteiger partial charge is 0.348 e. The van der Waals surface area contributed by atoms with Crippen LogP contribution in [-0.2, 0) is 12.4 Å². The van der Waals surface area contributed by atoms with Crippen LogP contribution < -0.4 is 5.32 Å². The number of hydrogen-bond acceptors (Lipinski definition) is 2. The van der Waals surface area contributed by atoms with E-state index < -0.39 is 23.5 Å². The Balaban J connectivity index is 1.64. The third-order valence-electron chi connectivity index (χ3n) is 5.63. The molecule has 3 aromatic rings. The van der Waals surface area contributed by atoms with Crippen molar-refractivity contribution in [1.29, 1.82) is 0 Å². The molecular weight excluding hydrogens is 448 g/mol. The molecule has 0 atom stereocenters. The number of rotatable bonds is 4. The van der Waals surface area contributed by atoms with Crippen molar-refractivity contribution in [2.24, 2.45) is 0 Å². The summed E-state index contributed by atoms with van der Waals surface area (Å²) in [4.78, 5) is 16.6. The van der Waals surface area contributed by atoms with Crippen LogP contribution in [0.5, 0.6) is 0 Å². The van der Waals surface area contributed by atoms with Crippen molar-refractivity contribution >= 4 is 5.91 Å². The zero-order valence-corrected chi connectivity index (χ0v) is 17.2. The van der Waals surface area contributed by atoms with Crippen LogP contribution in [-0.4, -0.2) is 21.5 Å². The van der Waals surface area contributed by atoms with Gasteiger partial charge < -0.3 is 5.32 Å². The molecule has 0 aliphatic heterocycles. The number of alkyl halides is 6. The molecule has 1 aromatic heterocycles. The molecule has 2 aromatic carbocycles. The lowest BCUT2D eigenvalue weighted by atomic mass is 9.99. The molecule has 0 saturated heterocycles. The van der Waals surface area contributed by atoms with E-state index in [2.05, 4.69) is 10.3 Å². The molecule has 4 nitrogen and oxygen atoms in total. The van der Waals surface area contributed by atoms with E-state index in [0.717, 1.165) is 25.7 Å². The maximum Gasteiger partial charge on any atom is 0.416 e. The van der Waals surface area contributed by atoms with E-state index in [1.54, 1.807) is 0 Å². The number of aromatic nitrogens is 2. The van der Waals surface area contributed by atoms with Crippen LogP contribution in [0.1, 0.15) is 47.3 Å². The number of carbonyl (C=O) groups excluding carboxylic acids is 1. The number of nitrogens with zero attached hydrogens (tertiary/aromatic N) is 2. The monoisotopic (exact) mass is 467 g/mol. The number of hydrogen-bond donors (Lipinski definition) is 1. The molecule has 1 N–H and O–H groups in total. The summed E-state index contributed by atoms with van der Waals surface area (Å²) in [5.74, 6) is -0.295. The van der Waals surface area contributed by atoms with Gasteiger partial charge in [0.05, 0.1) is 23.7 Å². The summed E-state index contributed by atoms with van der Waals surface area (Å²) in [7, 11) is 0. The van der Waals surface area contributed by atoms with Gasteiger partial charge >= 0.3 is 12.4 Å². The second-order valence-electron chi connectivity index (χ2n) is 7.95. The van der Waals surface area contributed by atoms with E-state index in [0.29, 0.717) is 17.8 Å². The number of halogens is 6. The van der Waals surface area contributed by atoms with Crippen molar-refractivity contribution in [3.8, 4) is 16.8 Å².